The van der Waals surface area contributed by atoms with Crippen molar-refractivity contribution in [3.05, 3.63) is 54.1 Å². The highest BCUT2D eigenvalue weighted by atomic mass is 14.0. The van der Waals surface area contributed by atoms with Gasteiger partial charge in [0.2, 0.25) is 0 Å². The lowest BCUT2D eigenvalue weighted by molar-refractivity contribution is 0.801. The summed E-state index contributed by atoms with van der Waals surface area (Å²) in [5, 5.41) is 0. The van der Waals surface area contributed by atoms with Crippen LogP contribution in [-0.2, 0) is 0 Å². The standard InChI is InChI=1S/C14H18/c1-3-5-9-13(4-2)12-14-10-7-6-8-11-14/h4,6-8,10-12H,2-3,5,9H2,1H3. The molecule has 0 unspecified atom stereocenters. The maximum Gasteiger partial charge on any atom is -0.0254 e. The largest absolute Gasteiger partial charge is 0.0988 e. The number of unbranched alkanes of at least 4 members (excludes halogenated alkanes) is 1. The van der Waals surface area contributed by atoms with Gasteiger partial charge in [-0.2, -0.15) is 0 Å². The molecule has 0 aliphatic rings. The number of hydrogen-bond donors (Lipinski definition) is 0. The first kappa shape index (κ1) is 10.8. The molecule has 74 valence electrons. The highest BCUT2D eigenvalue weighted by Gasteiger charge is 1.92. The molecule has 0 spiro atoms. The third-order valence-corrected chi connectivity index (χ3v) is 2.23. The van der Waals surface area contributed by atoms with E-state index in [1.807, 2.05) is 12.1 Å². The quantitative estimate of drug-likeness (QED) is 0.596. The molecule has 0 heteroatoms. The van der Waals surface area contributed by atoms with Gasteiger partial charge in [0.25, 0.3) is 0 Å². The van der Waals surface area contributed by atoms with Crippen molar-refractivity contribution in [3.8, 4) is 0 Å². The summed E-state index contributed by atoms with van der Waals surface area (Å²) in [5.41, 5.74) is 2.59. The van der Waals surface area contributed by atoms with Crippen LogP contribution in [0.2, 0.25) is 0 Å². The Morgan fingerprint density at radius 2 is 2.00 bits per heavy atom. The van der Waals surface area contributed by atoms with Gasteiger partial charge in [-0.1, -0.05) is 62.4 Å². The lowest BCUT2D eigenvalue weighted by Crippen LogP contribution is -1.79. The lowest BCUT2D eigenvalue weighted by atomic mass is 10.1. The summed E-state index contributed by atoms with van der Waals surface area (Å²) in [4.78, 5) is 0. The monoisotopic (exact) mass is 186 g/mol. The molecule has 0 bridgehead atoms. The molecule has 0 atom stereocenters. The number of allylic oxidation sites excluding steroid dienone is 2. The van der Waals surface area contributed by atoms with E-state index in [0.29, 0.717) is 0 Å². The van der Waals surface area contributed by atoms with Crippen molar-refractivity contribution < 1.29 is 0 Å². The fraction of sp³-hybridized carbons (Fsp3) is 0.286. The summed E-state index contributed by atoms with van der Waals surface area (Å²) in [6, 6.07) is 10.4. The van der Waals surface area contributed by atoms with E-state index in [1.54, 1.807) is 0 Å². The Labute approximate surface area is 87.0 Å². The number of hydrogen-bond acceptors (Lipinski definition) is 0. The summed E-state index contributed by atoms with van der Waals surface area (Å²) in [6.07, 6.45) is 7.78. The molecule has 0 saturated heterocycles. The Morgan fingerprint density at radius 1 is 1.29 bits per heavy atom. The fourth-order valence-corrected chi connectivity index (χ4v) is 1.38. The Bertz CT molecular complexity index is 293. The third-order valence-electron chi connectivity index (χ3n) is 2.23. The summed E-state index contributed by atoms with van der Waals surface area (Å²) >= 11 is 0. The summed E-state index contributed by atoms with van der Waals surface area (Å²) < 4.78 is 0. The van der Waals surface area contributed by atoms with Crippen molar-refractivity contribution in [3.63, 3.8) is 0 Å². The van der Waals surface area contributed by atoms with E-state index < -0.39 is 0 Å². The van der Waals surface area contributed by atoms with Crippen LogP contribution in [0.15, 0.2) is 48.6 Å². The van der Waals surface area contributed by atoms with E-state index >= 15 is 0 Å². The molecule has 0 aliphatic carbocycles. The molecule has 14 heavy (non-hydrogen) atoms. The van der Waals surface area contributed by atoms with Crippen LogP contribution in [0.3, 0.4) is 0 Å². The SMILES string of the molecule is C=CC(=Cc1ccccc1)CCCC. The zero-order valence-electron chi connectivity index (χ0n) is 8.87. The lowest BCUT2D eigenvalue weighted by Gasteiger charge is -2.00. The molecule has 1 aromatic rings. The van der Waals surface area contributed by atoms with Crippen molar-refractivity contribution in [1.82, 2.24) is 0 Å². The predicted octanol–water partition coefficient (Wildman–Crippen LogP) is 4.45. The van der Waals surface area contributed by atoms with Gasteiger partial charge in [0.15, 0.2) is 0 Å². The van der Waals surface area contributed by atoms with E-state index in [9.17, 15) is 0 Å². The third kappa shape index (κ3) is 3.61. The zero-order valence-corrected chi connectivity index (χ0v) is 8.87. The smallest absolute Gasteiger partial charge is 0.0254 e. The minimum absolute atomic E-state index is 1.13. The highest BCUT2D eigenvalue weighted by Crippen LogP contribution is 2.13. The molecule has 0 aromatic heterocycles. The normalized spacial score (nSPS) is 11.4. The Hall–Kier alpha value is -1.30. The van der Waals surface area contributed by atoms with Crippen molar-refractivity contribution in [2.24, 2.45) is 0 Å². The molecule has 0 amide bonds. The fourth-order valence-electron chi connectivity index (χ4n) is 1.38. The van der Waals surface area contributed by atoms with Crippen LogP contribution >= 0.6 is 0 Å². The molecular weight excluding hydrogens is 168 g/mol. The van der Waals surface area contributed by atoms with E-state index in [0.717, 1.165) is 6.42 Å². The van der Waals surface area contributed by atoms with E-state index in [-0.39, 0.29) is 0 Å². The molecule has 1 rings (SSSR count). The summed E-state index contributed by atoms with van der Waals surface area (Å²) in [7, 11) is 0. The first-order valence-corrected chi connectivity index (χ1v) is 5.25. The molecular formula is C14H18. The van der Waals surface area contributed by atoms with E-state index in [4.69, 9.17) is 0 Å². The number of benzene rings is 1. The van der Waals surface area contributed by atoms with Crippen molar-refractivity contribution in [2.75, 3.05) is 0 Å². The first-order chi connectivity index (χ1) is 6.86. The molecule has 0 fully saturated rings. The maximum absolute atomic E-state index is 3.84. The van der Waals surface area contributed by atoms with Crippen LogP contribution in [-0.4, -0.2) is 0 Å². The molecule has 0 N–H and O–H groups in total. The molecule has 0 saturated carbocycles. The maximum atomic E-state index is 3.84. The minimum atomic E-state index is 1.13. The predicted molar refractivity (Wildman–Crippen MR) is 64.1 cm³/mol. The van der Waals surface area contributed by atoms with Crippen molar-refractivity contribution >= 4 is 6.08 Å². The van der Waals surface area contributed by atoms with Gasteiger partial charge in [0.05, 0.1) is 0 Å². The van der Waals surface area contributed by atoms with Gasteiger partial charge in [0, 0.05) is 0 Å². The van der Waals surface area contributed by atoms with Gasteiger partial charge < -0.3 is 0 Å². The van der Waals surface area contributed by atoms with Gasteiger partial charge >= 0.3 is 0 Å². The van der Waals surface area contributed by atoms with Crippen LogP contribution < -0.4 is 0 Å². The zero-order chi connectivity index (χ0) is 10.2. The minimum Gasteiger partial charge on any atom is -0.0988 e. The number of rotatable bonds is 5. The Kier molecular flexibility index (Phi) is 4.77. The van der Waals surface area contributed by atoms with Gasteiger partial charge in [-0.05, 0) is 24.0 Å². The van der Waals surface area contributed by atoms with Crippen molar-refractivity contribution in [2.45, 2.75) is 26.2 Å². The molecule has 0 heterocycles. The van der Waals surface area contributed by atoms with Gasteiger partial charge in [-0.25, -0.2) is 0 Å². The topological polar surface area (TPSA) is 0 Å². The second-order valence-electron chi connectivity index (χ2n) is 3.44. The second kappa shape index (κ2) is 6.20. The van der Waals surface area contributed by atoms with E-state index in [2.05, 4.69) is 43.8 Å². The van der Waals surface area contributed by atoms with Crippen LogP contribution in [0.1, 0.15) is 31.7 Å². The molecule has 0 nitrogen and oxygen atoms in total. The Balaban J connectivity index is 2.68. The molecule has 1 aromatic carbocycles. The second-order valence-corrected chi connectivity index (χ2v) is 3.44. The summed E-state index contributed by atoms with van der Waals surface area (Å²) in [5.74, 6) is 0. The first-order valence-electron chi connectivity index (χ1n) is 5.25. The van der Waals surface area contributed by atoms with E-state index in [1.165, 1.54) is 24.0 Å². The van der Waals surface area contributed by atoms with Crippen LogP contribution in [0.4, 0.5) is 0 Å². The van der Waals surface area contributed by atoms with Crippen LogP contribution in [0.5, 0.6) is 0 Å². The van der Waals surface area contributed by atoms with Crippen molar-refractivity contribution in [1.29, 1.82) is 0 Å². The Morgan fingerprint density at radius 3 is 2.57 bits per heavy atom. The van der Waals surface area contributed by atoms with Gasteiger partial charge in [-0.15, -0.1) is 0 Å². The van der Waals surface area contributed by atoms with Gasteiger partial charge in [-0.3, -0.25) is 0 Å². The highest BCUT2D eigenvalue weighted by molar-refractivity contribution is 5.55. The average molecular weight is 186 g/mol. The molecule has 0 radical (unpaired) electrons. The van der Waals surface area contributed by atoms with Crippen LogP contribution in [0, 0.1) is 0 Å². The molecule has 0 aliphatic heterocycles. The summed E-state index contributed by atoms with van der Waals surface area (Å²) in [6.45, 7) is 6.05. The average Bonchev–Trinajstić information content (AvgIpc) is 2.25. The van der Waals surface area contributed by atoms with Gasteiger partial charge in [0.1, 0.15) is 0 Å². The van der Waals surface area contributed by atoms with Crippen LogP contribution in [0.25, 0.3) is 6.08 Å².